The molecule has 2 aromatic rings. The van der Waals surface area contributed by atoms with Crippen LogP contribution in [-0.4, -0.2) is 6.54 Å². The molecule has 112 valence electrons. The predicted molar refractivity (Wildman–Crippen MR) is 87.4 cm³/mol. The molecule has 0 spiro atoms. The standard InChI is InChI=1S/C18H23FN2/c1-3-4-12-21(16-8-6-5-7-9-16)18-11-10-15(14(2)20)13-17(18)19/h5-11,13-14H,3-4,12,20H2,1-2H3/t14-/m1/s1. The highest BCUT2D eigenvalue weighted by Crippen LogP contribution is 2.29. The van der Waals surface area contributed by atoms with Crippen molar-refractivity contribution in [2.24, 2.45) is 5.73 Å². The monoisotopic (exact) mass is 286 g/mol. The van der Waals surface area contributed by atoms with E-state index in [0.717, 1.165) is 30.6 Å². The lowest BCUT2D eigenvalue weighted by Crippen LogP contribution is -2.20. The van der Waals surface area contributed by atoms with Crippen LogP contribution in [-0.2, 0) is 0 Å². The largest absolute Gasteiger partial charge is 0.339 e. The van der Waals surface area contributed by atoms with Crippen molar-refractivity contribution in [3.8, 4) is 0 Å². The molecule has 1 atom stereocenters. The molecule has 2 rings (SSSR count). The molecule has 0 radical (unpaired) electrons. The molecule has 3 heteroatoms. The molecule has 0 unspecified atom stereocenters. The fraction of sp³-hybridized carbons (Fsp3) is 0.333. The van der Waals surface area contributed by atoms with Gasteiger partial charge >= 0.3 is 0 Å². The van der Waals surface area contributed by atoms with Crippen molar-refractivity contribution in [2.75, 3.05) is 11.4 Å². The molecule has 0 aliphatic heterocycles. The van der Waals surface area contributed by atoms with E-state index in [0.29, 0.717) is 5.69 Å². The van der Waals surface area contributed by atoms with Crippen molar-refractivity contribution in [2.45, 2.75) is 32.7 Å². The molecular formula is C18H23FN2. The highest BCUT2D eigenvalue weighted by atomic mass is 19.1. The zero-order valence-electron chi connectivity index (χ0n) is 12.7. The highest BCUT2D eigenvalue weighted by molar-refractivity contribution is 5.64. The minimum absolute atomic E-state index is 0.158. The van der Waals surface area contributed by atoms with Gasteiger partial charge in [0.2, 0.25) is 0 Å². The normalized spacial score (nSPS) is 12.2. The zero-order chi connectivity index (χ0) is 15.2. The van der Waals surface area contributed by atoms with Crippen molar-refractivity contribution in [3.05, 3.63) is 59.9 Å². The summed E-state index contributed by atoms with van der Waals surface area (Å²) < 4.78 is 14.5. The number of nitrogens with two attached hydrogens (primary N) is 1. The van der Waals surface area contributed by atoms with E-state index >= 15 is 0 Å². The van der Waals surface area contributed by atoms with E-state index in [-0.39, 0.29) is 11.9 Å². The zero-order valence-corrected chi connectivity index (χ0v) is 12.7. The highest BCUT2D eigenvalue weighted by Gasteiger charge is 2.14. The first kappa shape index (κ1) is 15.5. The maximum absolute atomic E-state index is 14.5. The maximum Gasteiger partial charge on any atom is 0.147 e. The number of nitrogens with zero attached hydrogens (tertiary/aromatic N) is 1. The molecule has 0 heterocycles. The molecule has 0 amide bonds. The summed E-state index contributed by atoms with van der Waals surface area (Å²) in [5.74, 6) is -0.218. The van der Waals surface area contributed by atoms with Gasteiger partial charge in [0.15, 0.2) is 0 Å². The van der Waals surface area contributed by atoms with Crippen LogP contribution in [0.15, 0.2) is 48.5 Å². The minimum atomic E-state index is -0.218. The summed E-state index contributed by atoms with van der Waals surface area (Å²) in [5, 5.41) is 0. The molecule has 0 saturated heterocycles. The summed E-state index contributed by atoms with van der Waals surface area (Å²) in [7, 11) is 0. The molecule has 0 fully saturated rings. The number of para-hydroxylation sites is 1. The summed E-state index contributed by atoms with van der Waals surface area (Å²) in [5.41, 5.74) is 8.26. The molecule has 0 saturated carbocycles. The summed E-state index contributed by atoms with van der Waals surface area (Å²) in [6.45, 7) is 4.80. The lowest BCUT2D eigenvalue weighted by molar-refractivity contribution is 0.617. The lowest BCUT2D eigenvalue weighted by atomic mass is 10.1. The van der Waals surface area contributed by atoms with Crippen LogP contribution in [0.5, 0.6) is 0 Å². The van der Waals surface area contributed by atoms with Gasteiger partial charge in [-0.15, -0.1) is 0 Å². The van der Waals surface area contributed by atoms with Gasteiger partial charge in [-0.1, -0.05) is 37.6 Å². The van der Waals surface area contributed by atoms with Crippen LogP contribution < -0.4 is 10.6 Å². The van der Waals surface area contributed by atoms with Gasteiger partial charge in [0.1, 0.15) is 5.82 Å². The summed E-state index contributed by atoms with van der Waals surface area (Å²) in [4.78, 5) is 2.03. The first-order chi connectivity index (χ1) is 10.1. The number of halogens is 1. The summed E-state index contributed by atoms with van der Waals surface area (Å²) in [6, 6.07) is 15.1. The molecule has 0 aliphatic rings. The summed E-state index contributed by atoms with van der Waals surface area (Å²) >= 11 is 0. The topological polar surface area (TPSA) is 29.3 Å². The van der Waals surface area contributed by atoms with Gasteiger partial charge in [-0.2, -0.15) is 0 Å². The second kappa shape index (κ2) is 7.23. The van der Waals surface area contributed by atoms with E-state index in [1.807, 2.05) is 54.3 Å². The Morgan fingerprint density at radius 1 is 1.14 bits per heavy atom. The average Bonchev–Trinajstić information content (AvgIpc) is 2.50. The first-order valence-corrected chi connectivity index (χ1v) is 7.51. The molecule has 21 heavy (non-hydrogen) atoms. The number of hydrogen-bond acceptors (Lipinski definition) is 2. The van der Waals surface area contributed by atoms with E-state index in [9.17, 15) is 4.39 Å². The summed E-state index contributed by atoms with van der Waals surface area (Å²) in [6.07, 6.45) is 2.09. The Hall–Kier alpha value is -1.87. The second-order valence-corrected chi connectivity index (χ2v) is 5.34. The average molecular weight is 286 g/mol. The van der Waals surface area contributed by atoms with Gasteiger partial charge in [-0.25, -0.2) is 4.39 Å². The quantitative estimate of drug-likeness (QED) is 0.827. The van der Waals surface area contributed by atoms with Crippen LogP contribution in [0.2, 0.25) is 0 Å². The number of hydrogen-bond donors (Lipinski definition) is 1. The van der Waals surface area contributed by atoms with Crippen LogP contribution in [0.4, 0.5) is 15.8 Å². The van der Waals surface area contributed by atoms with Crippen molar-refractivity contribution in [3.63, 3.8) is 0 Å². The van der Waals surface area contributed by atoms with E-state index in [1.54, 1.807) is 6.07 Å². The third kappa shape index (κ3) is 3.82. The van der Waals surface area contributed by atoms with E-state index in [2.05, 4.69) is 6.92 Å². The van der Waals surface area contributed by atoms with E-state index < -0.39 is 0 Å². The van der Waals surface area contributed by atoms with E-state index in [1.165, 1.54) is 0 Å². The molecular weight excluding hydrogens is 263 g/mol. The number of benzene rings is 2. The van der Waals surface area contributed by atoms with Gasteiger partial charge in [-0.05, 0) is 43.2 Å². The SMILES string of the molecule is CCCCN(c1ccccc1)c1ccc([C@@H](C)N)cc1F. The molecule has 2 aromatic carbocycles. The van der Waals surface area contributed by atoms with Gasteiger partial charge in [0, 0.05) is 18.3 Å². The van der Waals surface area contributed by atoms with Crippen LogP contribution in [0.25, 0.3) is 0 Å². The van der Waals surface area contributed by atoms with Crippen LogP contribution >= 0.6 is 0 Å². The fourth-order valence-corrected chi connectivity index (χ4v) is 2.34. The molecule has 0 bridgehead atoms. The molecule has 0 aliphatic carbocycles. The Labute approximate surface area is 126 Å². The molecule has 0 aromatic heterocycles. The Morgan fingerprint density at radius 2 is 1.86 bits per heavy atom. The first-order valence-electron chi connectivity index (χ1n) is 7.51. The van der Waals surface area contributed by atoms with Crippen LogP contribution in [0.1, 0.15) is 38.3 Å². The van der Waals surface area contributed by atoms with Crippen molar-refractivity contribution in [1.82, 2.24) is 0 Å². The van der Waals surface area contributed by atoms with Gasteiger partial charge in [0.25, 0.3) is 0 Å². The fourth-order valence-electron chi connectivity index (χ4n) is 2.34. The second-order valence-electron chi connectivity index (χ2n) is 5.34. The Balaban J connectivity index is 2.37. The number of anilines is 2. The van der Waals surface area contributed by atoms with Gasteiger partial charge in [-0.3, -0.25) is 0 Å². The Morgan fingerprint density at radius 3 is 2.43 bits per heavy atom. The smallest absolute Gasteiger partial charge is 0.147 e. The van der Waals surface area contributed by atoms with E-state index in [4.69, 9.17) is 5.73 Å². The number of unbranched alkanes of at least 4 members (excludes halogenated alkanes) is 1. The minimum Gasteiger partial charge on any atom is -0.339 e. The Bertz CT molecular complexity index is 567. The molecule has 2 N–H and O–H groups in total. The molecule has 2 nitrogen and oxygen atoms in total. The Kier molecular flexibility index (Phi) is 5.34. The predicted octanol–water partition coefficient (Wildman–Crippen LogP) is 4.78. The van der Waals surface area contributed by atoms with Gasteiger partial charge in [0.05, 0.1) is 5.69 Å². The maximum atomic E-state index is 14.5. The van der Waals surface area contributed by atoms with Crippen LogP contribution in [0, 0.1) is 5.82 Å². The third-order valence-electron chi connectivity index (χ3n) is 3.59. The lowest BCUT2D eigenvalue weighted by Gasteiger charge is -2.26. The van der Waals surface area contributed by atoms with Gasteiger partial charge < -0.3 is 10.6 Å². The van der Waals surface area contributed by atoms with Crippen molar-refractivity contribution >= 4 is 11.4 Å². The third-order valence-corrected chi connectivity index (χ3v) is 3.59. The van der Waals surface area contributed by atoms with Crippen LogP contribution in [0.3, 0.4) is 0 Å². The van der Waals surface area contributed by atoms with Crippen molar-refractivity contribution < 1.29 is 4.39 Å². The number of rotatable bonds is 6. The van der Waals surface area contributed by atoms with Crippen molar-refractivity contribution in [1.29, 1.82) is 0 Å².